The van der Waals surface area contributed by atoms with Gasteiger partial charge in [0.2, 0.25) is 0 Å². The van der Waals surface area contributed by atoms with E-state index < -0.39 is 5.97 Å². The Balaban J connectivity index is 2.06. The Labute approximate surface area is 128 Å². The van der Waals surface area contributed by atoms with Gasteiger partial charge in [-0.25, -0.2) is 0 Å². The van der Waals surface area contributed by atoms with Crippen molar-refractivity contribution in [2.75, 3.05) is 13.2 Å². The lowest BCUT2D eigenvalue weighted by Gasteiger charge is -2.07. The zero-order valence-corrected chi connectivity index (χ0v) is 13.3. The summed E-state index contributed by atoms with van der Waals surface area (Å²) >= 11 is 0. The molecular weight excluding hydrogens is 264 g/mol. The Hall–Kier alpha value is -1.35. The Morgan fingerprint density at radius 1 is 1.05 bits per heavy atom. The van der Waals surface area contributed by atoms with E-state index in [2.05, 4.69) is 38.1 Å². The molecule has 0 aliphatic carbocycles. The predicted molar refractivity (Wildman–Crippen MR) is 85.6 cm³/mol. The molecule has 0 amide bonds. The molecule has 0 aliphatic rings. The van der Waals surface area contributed by atoms with Crippen LogP contribution in [-0.4, -0.2) is 24.3 Å². The summed E-state index contributed by atoms with van der Waals surface area (Å²) in [7, 11) is 0. The quantitative estimate of drug-likeness (QED) is 0.625. The lowest BCUT2D eigenvalue weighted by molar-refractivity contribution is -0.138. The minimum absolute atomic E-state index is 0.0999. The number of hydrogen-bond donors (Lipinski definition) is 1. The molecule has 1 N–H and O–H groups in total. The van der Waals surface area contributed by atoms with Gasteiger partial charge in [0.15, 0.2) is 0 Å². The molecule has 1 aromatic carbocycles. The Morgan fingerprint density at radius 3 is 2.33 bits per heavy atom. The van der Waals surface area contributed by atoms with Crippen molar-refractivity contribution in [2.45, 2.75) is 52.4 Å². The maximum absolute atomic E-state index is 10.3. The third-order valence-electron chi connectivity index (χ3n) is 3.38. The van der Waals surface area contributed by atoms with Gasteiger partial charge in [-0.2, -0.15) is 0 Å². The fourth-order valence-electron chi connectivity index (χ4n) is 2.28. The van der Waals surface area contributed by atoms with E-state index in [1.54, 1.807) is 0 Å². The Bertz CT molecular complexity index is 395. The molecule has 0 atom stereocenters. The highest BCUT2D eigenvalue weighted by Gasteiger charge is 1.99. The number of carboxylic acids is 1. The van der Waals surface area contributed by atoms with Crippen LogP contribution in [0.4, 0.5) is 0 Å². The first-order valence-corrected chi connectivity index (χ1v) is 7.95. The van der Waals surface area contributed by atoms with E-state index in [1.807, 2.05) is 0 Å². The average molecular weight is 292 g/mol. The van der Waals surface area contributed by atoms with Crippen LogP contribution in [-0.2, 0) is 22.4 Å². The van der Waals surface area contributed by atoms with Gasteiger partial charge in [0.1, 0.15) is 0 Å². The molecule has 0 unspecified atom stereocenters. The molecule has 1 rings (SSSR count). The zero-order valence-electron chi connectivity index (χ0n) is 13.3. The second-order valence-electron chi connectivity index (χ2n) is 5.98. The van der Waals surface area contributed by atoms with E-state index >= 15 is 0 Å². The highest BCUT2D eigenvalue weighted by molar-refractivity contribution is 5.66. The first kappa shape index (κ1) is 17.7. The Kier molecular flexibility index (Phi) is 8.76. The molecule has 118 valence electrons. The van der Waals surface area contributed by atoms with Gasteiger partial charge in [0, 0.05) is 6.61 Å². The summed E-state index contributed by atoms with van der Waals surface area (Å²) in [6, 6.07) is 8.96. The standard InChI is InChI=1S/C18H28O3/c1-15(2)14-17-9-7-16(8-10-17)6-4-3-5-12-21-13-11-18(19)20/h7-10,15H,3-6,11-14H2,1-2H3,(H,19,20). The zero-order chi connectivity index (χ0) is 15.5. The van der Waals surface area contributed by atoms with Crippen LogP contribution in [0.3, 0.4) is 0 Å². The molecule has 0 spiro atoms. The van der Waals surface area contributed by atoms with Crippen LogP contribution in [0.25, 0.3) is 0 Å². The monoisotopic (exact) mass is 292 g/mol. The van der Waals surface area contributed by atoms with Crippen LogP contribution >= 0.6 is 0 Å². The van der Waals surface area contributed by atoms with Crippen LogP contribution in [0.2, 0.25) is 0 Å². The van der Waals surface area contributed by atoms with Gasteiger partial charge >= 0.3 is 5.97 Å². The summed E-state index contributed by atoms with van der Waals surface area (Å²) in [6.45, 7) is 5.48. The lowest BCUT2D eigenvalue weighted by Crippen LogP contribution is -2.03. The van der Waals surface area contributed by atoms with Gasteiger partial charge in [0.05, 0.1) is 13.0 Å². The largest absolute Gasteiger partial charge is 0.481 e. The minimum atomic E-state index is -0.795. The van der Waals surface area contributed by atoms with E-state index in [1.165, 1.54) is 11.1 Å². The number of rotatable bonds is 11. The smallest absolute Gasteiger partial charge is 0.305 e. The molecule has 0 bridgehead atoms. The van der Waals surface area contributed by atoms with Gasteiger partial charge in [-0.05, 0) is 42.7 Å². The molecule has 0 saturated heterocycles. The summed E-state index contributed by atoms with van der Waals surface area (Å²) < 4.78 is 5.27. The van der Waals surface area contributed by atoms with Gasteiger partial charge in [0.25, 0.3) is 0 Å². The number of ether oxygens (including phenoxy) is 1. The van der Waals surface area contributed by atoms with Crippen molar-refractivity contribution >= 4 is 5.97 Å². The summed E-state index contributed by atoms with van der Waals surface area (Å²) in [6.07, 6.45) is 5.64. The van der Waals surface area contributed by atoms with Crippen LogP contribution in [0, 0.1) is 5.92 Å². The molecule has 0 aliphatic heterocycles. The number of unbranched alkanes of at least 4 members (excludes halogenated alkanes) is 2. The van der Waals surface area contributed by atoms with Crippen LogP contribution in [0.15, 0.2) is 24.3 Å². The molecule has 3 nitrogen and oxygen atoms in total. The minimum Gasteiger partial charge on any atom is -0.481 e. The van der Waals surface area contributed by atoms with Gasteiger partial charge in [-0.3, -0.25) is 4.79 Å². The summed E-state index contributed by atoms with van der Waals surface area (Å²) in [5.41, 5.74) is 2.81. The summed E-state index contributed by atoms with van der Waals surface area (Å²) in [5, 5.41) is 8.47. The summed E-state index contributed by atoms with van der Waals surface area (Å²) in [4.78, 5) is 10.3. The van der Waals surface area contributed by atoms with Crippen molar-refractivity contribution in [1.29, 1.82) is 0 Å². The van der Waals surface area contributed by atoms with E-state index in [0.717, 1.165) is 32.1 Å². The van der Waals surface area contributed by atoms with Crippen molar-refractivity contribution < 1.29 is 14.6 Å². The molecular formula is C18H28O3. The molecule has 0 radical (unpaired) electrons. The summed E-state index contributed by atoms with van der Waals surface area (Å²) in [5.74, 6) is -0.0899. The Morgan fingerprint density at radius 2 is 1.71 bits per heavy atom. The predicted octanol–water partition coefficient (Wildman–Crippen LogP) is 4.09. The van der Waals surface area contributed by atoms with Crippen molar-refractivity contribution in [3.8, 4) is 0 Å². The van der Waals surface area contributed by atoms with E-state index in [9.17, 15) is 4.79 Å². The first-order chi connectivity index (χ1) is 10.1. The average Bonchev–Trinajstić information content (AvgIpc) is 2.42. The molecule has 0 saturated carbocycles. The molecule has 0 fully saturated rings. The van der Waals surface area contributed by atoms with Gasteiger partial charge < -0.3 is 9.84 Å². The van der Waals surface area contributed by atoms with Crippen molar-refractivity contribution in [1.82, 2.24) is 0 Å². The third-order valence-corrected chi connectivity index (χ3v) is 3.38. The van der Waals surface area contributed by atoms with Crippen molar-refractivity contribution in [3.63, 3.8) is 0 Å². The topological polar surface area (TPSA) is 46.5 Å². The van der Waals surface area contributed by atoms with Gasteiger partial charge in [-0.1, -0.05) is 44.5 Å². The number of carbonyl (C=O) groups is 1. The maximum Gasteiger partial charge on any atom is 0.305 e. The molecule has 0 aromatic heterocycles. The molecule has 21 heavy (non-hydrogen) atoms. The van der Waals surface area contributed by atoms with Crippen molar-refractivity contribution in [3.05, 3.63) is 35.4 Å². The first-order valence-electron chi connectivity index (χ1n) is 7.95. The second-order valence-corrected chi connectivity index (χ2v) is 5.98. The third kappa shape index (κ3) is 9.24. The molecule has 0 heterocycles. The second kappa shape index (κ2) is 10.4. The number of aliphatic carboxylic acids is 1. The van der Waals surface area contributed by atoms with E-state index in [4.69, 9.17) is 9.84 Å². The van der Waals surface area contributed by atoms with Crippen LogP contribution in [0.5, 0.6) is 0 Å². The highest BCUT2D eigenvalue weighted by Crippen LogP contribution is 2.12. The molecule has 1 aromatic rings. The fourth-order valence-corrected chi connectivity index (χ4v) is 2.28. The number of benzene rings is 1. The SMILES string of the molecule is CC(C)Cc1ccc(CCCCCOCCC(=O)O)cc1. The number of hydrogen-bond acceptors (Lipinski definition) is 2. The van der Waals surface area contributed by atoms with Crippen molar-refractivity contribution in [2.24, 2.45) is 5.92 Å². The lowest BCUT2D eigenvalue weighted by atomic mass is 10.00. The molecule has 3 heteroatoms. The highest BCUT2D eigenvalue weighted by atomic mass is 16.5. The maximum atomic E-state index is 10.3. The van der Waals surface area contributed by atoms with E-state index in [0.29, 0.717) is 19.1 Å². The van der Waals surface area contributed by atoms with Crippen LogP contribution in [0.1, 0.15) is 50.7 Å². The van der Waals surface area contributed by atoms with Gasteiger partial charge in [-0.15, -0.1) is 0 Å². The van der Waals surface area contributed by atoms with Crippen LogP contribution < -0.4 is 0 Å². The normalized spacial score (nSPS) is 11.0. The number of carboxylic acid groups (broad SMARTS) is 1. The number of aryl methyl sites for hydroxylation is 1. The van der Waals surface area contributed by atoms with E-state index in [-0.39, 0.29) is 6.42 Å². The fraction of sp³-hybridized carbons (Fsp3) is 0.611.